The predicted octanol–water partition coefficient (Wildman–Crippen LogP) is 4.21. The molecule has 1 aliphatic carbocycles. The molecule has 0 N–H and O–H groups in total. The van der Waals surface area contributed by atoms with Crippen molar-refractivity contribution in [1.29, 1.82) is 0 Å². The van der Waals surface area contributed by atoms with E-state index in [0.717, 1.165) is 31.4 Å². The maximum Gasteiger partial charge on any atom is 0.338 e. The first-order valence-corrected chi connectivity index (χ1v) is 7.60. The molecule has 5 heteroatoms. The molecule has 3 nitrogen and oxygen atoms in total. The van der Waals surface area contributed by atoms with Crippen molar-refractivity contribution in [2.24, 2.45) is 5.92 Å². The monoisotopic (exact) mass is 316 g/mol. The SMILES string of the molecule is COc1ccc(C(=O)OC2CCC(C(Cl)Cl)CC2)cc1. The molecule has 110 valence electrons. The lowest BCUT2D eigenvalue weighted by atomic mass is 9.88. The molecule has 0 aliphatic heterocycles. The third kappa shape index (κ3) is 4.03. The number of carbonyl (C=O) groups excluding carboxylic acids is 1. The van der Waals surface area contributed by atoms with E-state index in [0.29, 0.717) is 11.5 Å². The first-order valence-electron chi connectivity index (χ1n) is 6.73. The second-order valence-corrected chi connectivity index (χ2v) is 6.17. The van der Waals surface area contributed by atoms with Crippen LogP contribution in [0.5, 0.6) is 5.75 Å². The molecule has 0 unspecified atom stereocenters. The Morgan fingerprint density at radius 1 is 1.15 bits per heavy atom. The Bertz CT molecular complexity index is 437. The topological polar surface area (TPSA) is 35.5 Å². The van der Waals surface area contributed by atoms with E-state index < -0.39 is 0 Å². The molecule has 1 fully saturated rings. The molecular weight excluding hydrogens is 299 g/mol. The van der Waals surface area contributed by atoms with Gasteiger partial charge in [0, 0.05) is 0 Å². The number of alkyl halides is 2. The number of esters is 1. The fourth-order valence-electron chi connectivity index (χ4n) is 2.40. The Morgan fingerprint density at radius 2 is 1.75 bits per heavy atom. The maximum atomic E-state index is 12.0. The van der Waals surface area contributed by atoms with Crippen molar-refractivity contribution >= 4 is 29.2 Å². The maximum absolute atomic E-state index is 12.0. The molecule has 0 heterocycles. The van der Waals surface area contributed by atoms with E-state index in [4.69, 9.17) is 32.7 Å². The van der Waals surface area contributed by atoms with Crippen LogP contribution in [0.2, 0.25) is 0 Å². The average Bonchev–Trinajstić information content (AvgIpc) is 2.48. The molecule has 2 rings (SSSR count). The summed E-state index contributed by atoms with van der Waals surface area (Å²) in [6.07, 6.45) is 3.41. The first kappa shape index (κ1) is 15.5. The third-order valence-corrected chi connectivity index (χ3v) is 4.39. The van der Waals surface area contributed by atoms with Gasteiger partial charge in [-0.3, -0.25) is 0 Å². The lowest BCUT2D eigenvalue weighted by Crippen LogP contribution is -2.26. The van der Waals surface area contributed by atoms with Crippen LogP contribution in [0.25, 0.3) is 0 Å². The van der Waals surface area contributed by atoms with Gasteiger partial charge in [-0.25, -0.2) is 4.79 Å². The second-order valence-electron chi connectivity index (χ2n) is 5.01. The smallest absolute Gasteiger partial charge is 0.338 e. The number of benzene rings is 1. The summed E-state index contributed by atoms with van der Waals surface area (Å²) in [5, 5.41) is 0. The van der Waals surface area contributed by atoms with Crippen LogP contribution < -0.4 is 4.74 Å². The predicted molar refractivity (Wildman–Crippen MR) is 79.6 cm³/mol. The quantitative estimate of drug-likeness (QED) is 0.616. The largest absolute Gasteiger partial charge is 0.497 e. The minimum absolute atomic E-state index is 0.0343. The van der Waals surface area contributed by atoms with Gasteiger partial charge in [-0.1, -0.05) is 0 Å². The highest BCUT2D eigenvalue weighted by Gasteiger charge is 2.27. The molecule has 1 aromatic rings. The summed E-state index contributed by atoms with van der Waals surface area (Å²) in [5.41, 5.74) is 0.542. The highest BCUT2D eigenvalue weighted by atomic mass is 35.5. The molecule has 0 amide bonds. The van der Waals surface area contributed by atoms with Crippen LogP contribution in [0.15, 0.2) is 24.3 Å². The minimum Gasteiger partial charge on any atom is -0.497 e. The van der Waals surface area contributed by atoms with Crippen molar-refractivity contribution in [1.82, 2.24) is 0 Å². The molecule has 1 aromatic carbocycles. The van der Waals surface area contributed by atoms with Gasteiger partial charge in [0.2, 0.25) is 0 Å². The van der Waals surface area contributed by atoms with Crippen LogP contribution in [0.4, 0.5) is 0 Å². The van der Waals surface area contributed by atoms with Crippen LogP contribution in [0.1, 0.15) is 36.0 Å². The lowest BCUT2D eigenvalue weighted by Gasteiger charge is -2.28. The third-order valence-electron chi connectivity index (χ3n) is 3.67. The van der Waals surface area contributed by atoms with E-state index in [1.165, 1.54) is 0 Å². The number of hydrogen-bond donors (Lipinski definition) is 0. The van der Waals surface area contributed by atoms with E-state index in [1.54, 1.807) is 31.4 Å². The first-order chi connectivity index (χ1) is 9.60. The molecule has 20 heavy (non-hydrogen) atoms. The van der Waals surface area contributed by atoms with E-state index in [1.807, 2.05) is 0 Å². The fraction of sp³-hybridized carbons (Fsp3) is 0.533. The van der Waals surface area contributed by atoms with E-state index in [2.05, 4.69) is 0 Å². The standard InChI is InChI=1S/C15H18Cl2O3/c1-19-12-6-4-11(5-7-12)15(18)20-13-8-2-10(3-9-13)14(16)17/h4-7,10,13-14H,2-3,8-9H2,1H3. The highest BCUT2D eigenvalue weighted by Crippen LogP contribution is 2.32. The molecule has 1 aliphatic rings. The van der Waals surface area contributed by atoms with Gasteiger partial charge in [0.25, 0.3) is 0 Å². The zero-order valence-electron chi connectivity index (χ0n) is 11.4. The van der Waals surface area contributed by atoms with Crippen molar-refractivity contribution in [2.45, 2.75) is 36.6 Å². The van der Waals surface area contributed by atoms with Crippen LogP contribution in [-0.4, -0.2) is 24.0 Å². The normalized spacial score (nSPS) is 22.6. The van der Waals surface area contributed by atoms with Gasteiger partial charge in [-0.15, -0.1) is 23.2 Å². The number of rotatable bonds is 4. The summed E-state index contributed by atoms with van der Waals surface area (Å²) in [6, 6.07) is 6.92. The Labute approximate surface area is 129 Å². The summed E-state index contributed by atoms with van der Waals surface area (Å²) >= 11 is 11.8. The molecule has 0 bridgehead atoms. The zero-order chi connectivity index (χ0) is 14.5. The molecular formula is C15H18Cl2O3. The van der Waals surface area contributed by atoms with Crippen LogP contribution in [-0.2, 0) is 4.74 Å². The molecule has 0 saturated heterocycles. The molecule has 0 atom stereocenters. The van der Waals surface area contributed by atoms with Crippen molar-refractivity contribution in [2.75, 3.05) is 7.11 Å². The van der Waals surface area contributed by atoms with Crippen molar-refractivity contribution < 1.29 is 14.3 Å². The summed E-state index contributed by atoms with van der Waals surface area (Å²) in [5.74, 6) is 0.746. The zero-order valence-corrected chi connectivity index (χ0v) is 12.9. The number of methoxy groups -OCH3 is 1. The van der Waals surface area contributed by atoms with Crippen LogP contribution in [0.3, 0.4) is 0 Å². The van der Waals surface area contributed by atoms with Crippen molar-refractivity contribution in [3.05, 3.63) is 29.8 Å². The summed E-state index contributed by atoms with van der Waals surface area (Å²) in [7, 11) is 1.59. The van der Waals surface area contributed by atoms with Gasteiger partial charge in [-0.05, 0) is 55.9 Å². The number of halogens is 2. The lowest BCUT2D eigenvalue weighted by molar-refractivity contribution is 0.0172. The molecule has 0 aromatic heterocycles. The fourth-order valence-corrected chi connectivity index (χ4v) is 2.91. The van der Waals surface area contributed by atoms with Crippen LogP contribution >= 0.6 is 23.2 Å². The van der Waals surface area contributed by atoms with E-state index in [9.17, 15) is 4.79 Å². The summed E-state index contributed by atoms with van der Waals surface area (Å²) in [4.78, 5) is 11.7. The van der Waals surface area contributed by atoms with Gasteiger partial charge in [0.15, 0.2) is 0 Å². The van der Waals surface area contributed by atoms with Gasteiger partial charge in [0.05, 0.1) is 12.7 Å². The Balaban J connectivity index is 1.85. The van der Waals surface area contributed by atoms with Gasteiger partial charge in [0.1, 0.15) is 16.7 Å². The van der Waals surface area contributed by atoms with E-state index >= 15 is 0 Å². The minimum atomic E-state index is -0.326. The number of carbonyl (C=O) groups is 1. The molecule has 0 spiro atoms. The number of hydrogen-bond acceptors (Lipinski definition) is 3. The summed E-state index contributed by atoms with van der Waals surface area (Å²) in [6.45, 7) is 0. The van der Waals surface area contributed by atoms with Gasteiger partial charge in [-0.2, -0.15) is 0 Å². The highest BCUT2D eigenvalue weighted by molar-refractivity contribution is 6.44. The molecule has 1 saturated carbocycles. The Kier molecular flexibility index (Phi) is 5.55. The Hall–Kier alpha value is -0.930. The summed E-state index contributed by atoms with van der Waals surface area (Å²) < 4.78 is 10.6. The van der Waals surface area contributed by atoms with Gasteiger partial charge >= 0.3 is 5.97 Å². The van der Waals surface area contributed by atoms with Crippen molar-refractivity contribution in [3.63, 3.8) is 0 Å². The second kappa shape index (κ2) is 7.19. The van der Waals surface area contributed by atoms with E-state index in [-0.39, 0.29) is 16.9 Å². The average molecular weight is 317 g/mol. The number of ether oxygens (including phenoxy) is 2. The Morgan fingerprint density at radius 3 is 2.25 bits per heavy atom. The molecule has 0 radical (unpaired) electrons. The van der Waals surface area contributed by atoms with Crippen molar-refractivity contribution in [3.8, 4) is 5.75 Å². The van der Waals surface area contributed by atoms with Crippen LogP contribution in [0, 0.1) is 5.92 Å². The van der Waals surface area contributed by atoms with Gasteiger partial charge < -0.3 is 9.47 Å².